The molecule has 28 heavy (non-hydrogen) atoms. The van der Waals surface area contributed by atoms with Crippen molar-refractivity contribution in [3.8, 4) is 11.5 Å². The van der Waals surface area contributed by atoms with Crippen molar-refractivity contribution in [1.82, 2.24) is 9.78 Å². The minimum Gasteiger partial charge on any atom is -0.493 e. The van der Waals surface area contributed by atoms with Crippen LogP contribution in [0.25, 0.3) is 0 Å². The Morgan fingerprint density at radius 1 is 1.18 bits per heavy atom. The van der Waals surface area contributed by atoms with E-state index in [1.165, 1.54) is 4.68 Å². The first kappa shape index (κ1) is 21.3. The fourth-order valence-corrected chi connectivity index (χ4v) is 2.84. The van der Waals surface area contributed by atoms with E-state index in [0.29, 0.717) is 36.0 Å². The quantitative estimate of drug-likeness (QED) is 0.663. The number of esters is 1. The molecule has 152 valence electrons. The normalized spacial score (nSPS) is 10.5. The van der Waals surface area contributed by atoms with Gasteiger partial charge in [0.25, 0.3) is 0 Å². The van der Waals surface area contributed by atoms with Crippen molar-refractivity contribution >= 4 is 17.7 Å². The lowest BCUT2D eigenvalue weighted by Crippen LogP contribution is -2.18. The van der Waals surface area contributed by atoms with Crippen molar-refractivity contribution < 1.29 is 23.8 Å². The maximum absolute atomic E-state index is 12.4. The van der Waals surface area contributed by atoms with Crippen LogP contribution in [0.5, 0.6) is 11.5 Å². The van der Waals surface area contributed by atoms with E-state index in [1.54, 1.807) is 28.0 Å². The van der Waals surface area contributed by atoms with Crippen molar-refractivity contribution in [1.29, 1.82) is 0 Å². The van der Waals surface area contributed by atoms with E-state index in [9.17, 15) is 9.59 Å². The Hall–Kier alpha value is -3.03. The average Bonchev–Trinajstić information content (AvgIpc) is 2.94. The number of nitrogens with one attached hydrogen (secondary N) is 1. The van der Waals surface area contributed by atoms with Crippen LogP contribution < -0.4 is 14.8 Å². The summed E-state index contributed by atoms with van der Waals surface area (Å²) in [6.07, 6.45) is 0.754. The Bertz CT molecular complexity index is 845. The van der Waals surface area contributed by atoms with Crippen LogP contribution in [0, 0.1) is 6.92 Å². The molecular weight excluding hydrogens is 362 g/mol. The number of amides is 1. The van der Waals surface area contributed by atoms with Crippen molar-refractivity contribution in [3.63, 3.8) is 0 Å². The van der Waals surface area contributed by atoms with Gasteiger partial charge in [-0.05, 0) is 44.9 Å². The highest BCUT2D eigenvalue weighted by atomic mass is 16.5. The molecule has 8 heteroatoms. The lowest BCUT2D eigenvalue weighted by molar-refractivity contribution is -0.116. The fourth-order valence-electron chi connectivity index (χ4n) is 2.84. The maximum atomic E-state index is 12.4. The fraction of sp³-hybridized carbons (Fsp3) is 0.450. The van der Waals surface area contributed by atoms with E-state index < -0.39 is 5.97 Å². The van der Waals surface area contributed by atoms with E-state index in [-0.39, 0.29) is 24.5 Å². The molecule has 0 spiro atoms. The molecule has 1 aromatic carbocycles. The summed E-state index contributed by atoms with van der Waals surface area (Å²) >= 11 is 0. The number of ether oxygens (including phenoxy) is 3. The first-order valence-corrected chi connectivity index (χ1v) is 9.21. The molecule has 0 aliphatic carbocycles. The van der Waals surface area contributed by atoms with Gasteiger partial charge < -0.3 is 19.5 Å². The lowest BCUT2D eigenvalue weighted by Gasteiger charge is -2.11. The number of methoxy groups -OCH3 is 1. The zero-order valence-corrected chi connectivity index (χ0v) is 17.0. The number of hydrogen-bond acceptors (Lipinski definition) is 6. The van der Waals surface area contributed by atoms with Gasteiger partial charge in [-0.3, -0.25) is 9.48 Å². The SMILES string of the molecule is CCOC(=O)c1c(C)nn(C)c1NC(=O)CCc1ccc(OCC)c(OC)c1. The maximum Gasteiger partial charge on any atom is 0.343 e. The highest BCUT2D eigenvalue weighted by Gasteiger charge is 2.22. The number of benzene rings is 1. The van der Waals surface area contributed by atoms with Crippen molar-refractivity contribution in [3.05, 3.63) is 35.0 Å². The number of hydrogen-bond donors (Lipinski definition) is 1. The molecule has 0 bridgehead atoms. The summed E-state index contributed by atoms with van der Waals surface area (Å²) in [6, 6.07) is 5.59. The van der Waals surface area contributed by atoms with Gasteiger partial charge in [-0.2, -0.15) is 5.10 Å². The molecule has 0 aliphatic heterocycles. The average molecular weight is 389 g/mol. The monoisotopic (exact) mass is 389 g/mol. The number of carbonyl (C=O) groups is 2. The van der Waals surface area contributed by atoms with Crippen LogP contribution in [-0.4, -0.2) is 42.0 Å². The molecule has 0 saturated heterocycles. The number of aromatic nitrogens is 2. The molecule has 0 fully saturated rings. The topological polar surface area (TPSA) is 91.7 Å². The first-order valence-electron chi connectivity index (χ1n) is 9.21. The Kier molecular flexibility index (Phi) is 7.43. The van der Waals surface area contributed by atoms with Crippen LogP contribution in [0.15, 0.2) is 18.2 Å². The summed E-state index contributed by atoms with van der Waals surface area (Å²) in [6.45, 7) is 6.13. The Labute approximate surface area is 164 Å². The zero-order valence-electron chi connectivity index (χ0n) is 17.0. The molecule has 0 atom stereocenters. The van der Waals surface area contributed by atoms with Gasteiger partial charge in [-0.1, -0.05) is 6.07 Å². The third kappa shape index (κ3) is 5.03. The van der Waals surface area contributed by atoms with E-state index in [2.05, 4.69) is 10.4 Å². The third-order valence-electron chi connectivity index (χ3n) is 4.13. The highest BCUT2D eigenvalue weighted by Crippen LogP contribution is 2.28. The van der Waals surface area contributed by atoms with Crippen LogP contribution in [0.1, 0.15) is 41.9 Å². The van der Waals surface area contributed by atoms with Gasteiger partial charge in [0.2, 0.25) is 5.91 Å². The molecule has 0 radical (unpaired) electrons. The van der Waals surface area contributed by atoms with E-state index >= 15 is 0 Å². The van der Waals surface area contributed by atoms with Gasteiger partial charge in [0.1, 0.15) is 11.4 Å². The minimum absolute atomic E-state index is 0.221. The summed E-state index contributed by atoms with van der Waals surface area (Å²) in [5.74, 6) is 0.917. The molecular formula is C20H27N3O5. The Morgan fingerprint density at radius 3 is 2.57 bits per heavy atom. The predicted octanol–water partition coefficient (Wildman–Crippen LogP) is 2.88. The second kappa shape index (κ2) is 9.77. The van der Waals surface area contributed by atoms with E-state index in [4.69, 9.17) is 14.2 Å². The largest absolute Gasteiger partial charge is 0.493 e. The Morgan fingerprint density at radius 2 is 1.93 bits per heavy atom. The van der Waals surface area contributed by atoms with E-state index in [1.807, 2.05) is 25.1 Å². The van der Waals surface area contributed by atoms with Crippen LogP contribution >= 0.6 is 0 Å². The number of rotatable bonds is 9. The lowest BCUT2D eigenvalue weighted by atomic mass is 10.1. The molecule has 8 nitrogen and oxygen atoms in total. The van der Waals surface area contributed by atoms with Gasteiger partial charge in [0.05, 0.1) is 26.0 Å². The molecule has 1 aromatic heterocycles. The molecule has 2 aromatic rings. The van der Waals surface area contributed by atoms with Crippen LogP contribution in [0.2, 0.25) is 0 Å². The molecule has 1 N–H and O–H groups in total. The first-order chi connectivity index (χ1) is 13.4. The summed E-state index contributed by atoms with van der Waals surface area (Å²) < 4.78 is 17.4. The number of nitrogens with zero attached hydrogens (tertiary/aromatic N) is 2. The predicted molar refractivity (Wildman–Crippen MR) is 105 cm³/mol. The smallest absolute Gasteiger partial charge is 0.343 e. The summed E-state index contributed by atoms with van der Waals surface area (Å²) in [5, 5.41) is 6.98. The van der Waals surface area contributed by atoms with Gasteiger partial charge >= 0.3 is 5.97 Å². The third-order valence-corrected chi connectivity index (χ3v) is 4.13. The summed E-state index contributed by atoms with van der Waals surface area (Å²) in [4.78, 5) is 24.6. The highest BCUT2D eigenvalue weighted by molar-refractivity contribution is 6.01. The molecule has 0 saturated carbocycles. The van der Waals surface area contributed by atoms with Gasteiger partial charge in [-0.25, -0.2) is 4.79 Å². The second-order valence-electron chi connectivity index (χ2n) is 6.12. The summed E-state index contributed by atoms with van der Waals surface area (Å²) in [5.41, 5.74) is 1.73. The molecule has 1 amide bonds. The van der Waals surface area contributed by atoms with Crippen molar-refractivity contribution in [2.45, 2.75) is 33.6 Å². The van der Waals surface area contributed by atoms with Crippen LogP contribution in [0.4, 0.5) is 5.82 Å². The van der Waals surface area contributed by atoms with E-state index in [0.717, 1.165) is 5.56 Å². The van der Waals surface area contributed by atoms with Crippen LogP contribution in [0.3, 0.4) is 0 Å². The van der Waals surface area contributed by atoms with Crippen LogP contribution in [-0.2, 0) is 23.0 Å². The number of carbonyl (C=O) groups excluding carboxylic acids is 2. The molecule has 0 unspecified atom stereocenters. The molecule has 2 rings (SSSR count). The molecule has 1 heterocycles. The second-order valence-corrected chi connectivity index (χ2v) is 6.12. The van der Waals surface area contributed by atoms with Crippen molar-refractivity contribution in [2.24, 2.45) is 7.05 Å². The van der Waals surface area contributed by atoms with Gasteiger partial charge in [-0.15, -0.1) is 0 Å². The standard InChI is InChI=1S/C20H27N3O5/c1-6-27-15-10-8-14(12-16(15)26-5)9-11-17(24)21-19-18(20(25)28-7-2)13(3)22-23(19)4/h8,10,12H,6-7,9,11H2,1-5H3,(H,21,24). The van der Waals surface area contributed by atoms with Gasteiger partial charge in [0, 0.05) is 13.5 Å². The molecule has 0 aliphatic rings. The van der Waals surface area contributed by atoms with Crippen molar-refractivity contribution in [2.75, 3.05) is 25.6 Å². The zero-order chi connectivity index (χ0) is 20.7. The minimum atomic E-state index is -0.500. The summed E-state index contributed by atoms with van der Waals surface area (Å²) in [7, 11) is 3.25. The number of aryl methyl sites for hydroxylation is 3. The Balaban J connectivity index is 2.06. The number of anilines is 1. The van der Waals surface area contributed by atoms with Gasteiger partial charge in [0.15, 0.2) is 11.5 Å².